The van der Waals surface area contributed by atoms with E-state index in [4.69, 9.17) is 11.6 Å². The third-order valence-electron chi connectivity index (χ3n) is 2.22. The van der Waals surface area contributed by atoms with Gasteiger partial charge in [-0.3, -0.25) is 4.98 Å². The number of halogens is 1. The molecule has 0 aliphatic heterocycles. The number of hydrogen-bond acceptors (Lipinski definition) is 2. The summed E-state index contributed by atoms with van der Waals surface area (Å²) in [5.41, 5.74) is 1.23. The van der Waals surface area contributed by atoms with Crippen LogP contribution in [0.1, 0.15) is 20.8 Å². The van der Waals surface area contributed by atoms with Gasteiger partial charge >= 0.3 is 0 Å². The van der Waals surface area contributed by atoms with Crippen LogP contribution >= 0.6 is 11.6 Å². The molecule has 0 saturated carbocycles. The lowest BCUT2D eigenvalue weighted by Crippen LogP contribution is -2.35. The topological polar surface area (TPSA) is 24.9 Å². The molecule has 1 heterocycles. The molecule has 0 spiro atoms. The number of anilines is 1. The first-order valence-corrected chi connectivity index (χ1v) is 5.30. The average molecular weight is 213 g/mol. The molecular weight excluding hydrogens is 196 g/mol. The molecule has 3 heteroatoms. The average Bonchev–Trinajstić information content (AvgIpc) is 2.14. The van der Waals surface area contributed by atoms with Gasteiger partial charge in [-0.1, -0.05) is 20.8 Å². The SMILES string of the molecule is CC(C)(C)C(CCl)Nc1ccncc1. The van der Waals surface area contributed by atoms with E-state index in [2.05, 4.69) is 31.1 Å². The second kappa shape index (κ2) is 4.65. The molecule has 1 aromatic heterocycles. The second-order valence-corrected chi connectivity index (χ2v) is 4.76. The molecule has 14 heavy (non-hydrogen) atoms. The summed E-state index contributed by atoms with van der Waals surface area (Å²) in [6.07, 6.45) is 3.55. The zero-order valence-corrected chi connectivity index (χ0v) is 9.67. The van der Waals surface area contributed by atoms with Crippen molar-refractivity contribution in [3.8, 4) is 0 Å². The van der Waals surface area contributed by atoms with Gasteiger partial charge in [-0.15, -0.1) is 11.6 Å². The molecule has 1 aromatic rings. The Morgan fingerprint density at radius 3 is 2.36 bits per heavy atom. The number of nitrogens with zero attached hydrogens (tertiary/aromatic N) is 1. The molecule has 78 valence electrons. The number of rotatable bonds is 3. The Morgan fingerprint density at radius 2 is 1.93 bits per heavy atom. The van der Waals surface area contributed by atoms with Crippen molar-refractivity contribution in [3.63, 3.8) is 0 Å². The molecule has 0 aliphatic carbocycles. The summed E-state index contributed by atoms with van der Waals surface area (Å²) in [6.45, 7) is 6.52. The molecule has 1 unspecified atom stereocenters. The summed E-state index contributed by atoms with van der Waals surface area (Å²) < 4.78 is 0. The Labute approximate surface area is 90.7 Å². The van der Waals surface area contributed by atoms with E-state index in [1.165, 1.54) is 0 Å². The van der Waals surface area contributed by atoms with Crippen molar-refractivity contribution in [2.24, 2.45) is 5.41 Å². The first-order valence-electron chi connectivity index (χ1n) is 4.76. The summed E-state index contributed by atoms with van der Waals surface area (Å²) in [6, 6.07) is 4.17. The number of pyridine rings is 1. The Balaban J connectivity index is 2.67. The third kappa shape index (κ3) is 3.18. The zero-order valence-electron chi connectivity index (χ0n) is 8.92. The van der Waals surface area contributed by atoms with Gasteiger partial charge in [0.05, 0.1) is 0 Å². The fourth-order valence-electron chi connectivity index (χ4n) is 1.14. The molecule has 0 bridgehead atoms. The van der Waals surface area contributed by atoms with E-state index >= 15 is 0 Å². The van der Waals surface area contributed by atoms with E-state index in [-0.39, 0.29) is 11.5 Å². The van der Waals surface area contributed by atoms with E-state index in [1.807, 2.05) is 12.1 Å². The van der Waals surface area contributed by atoms with Crippen LogP contribution in [0.2, 0.25) is 0 Å². The van der Waals surface area contributed by atoms with Crippen molar-refractivity contribution < 1.29 is 0 Å². The van der Waals surface area contributed by atoms with Gasteiger partial charge in [0.15, 0.2) is 0 Å². The number of alkyl halides is 1. The van der Waals surface area contributed by atoms with Gasteiger partial charge in [0.25, 0.3) is 0 Å². The predicted octanol–water partition coefficient (Wildman–Crippen LogP) is 3.15. The third-order valence-corrected chi connectivity index (χ3v) is 2.53. The van der Waals surface area contributed by atoms with Gasteiger partial charge in [0.1, 0.15) is 0 Å². The van der Waals surface area contributed by atoms with E-state index in [1.54, 1.807) is 12.4 Å². The van der Waals surface area contributed by atoms with Crippen LogP contribution in [0.4, 0.5) is 5.69 Å². The van der Waals surface area contributed by atoms with Crippen LogP contribution in [0.5, 0.6) is 0 Å². The molecule has 0 amide bonds. The van der Waals surface area contributed by atoms with Crippen molar-refractivity contribution in [2.45, 2.75) is 26.8 Å². The number of aromatic nitrogens is 1. The molecule has 0 aromatic carbocycles. The zero-order chi connectivity index (χ0) is 10.6. The van der Waals surface area contributed by atoms with Crippen LogP contribution in [0.15, 0.2) is 24.5 Å². The molecular formula is C11H17ClN2. The lowest BCUT2D eigenvalue weighted by atomic mass is 9.88. The van der Waals surface area contributed by atoms with Crippen LogP contribution in [-0.2, 0) is 0 Å². The highest BCUT2D eigenvalue weighted by Crippen LogP contribution is 2.23. The first kappa shape index (κ1) is 11.3. The maximum absolute atomic E-state index is 5.92. The Bertz CT molecular complexity index is 266. The van der Waals surface area contributed by atoms with Gasteiger partial charge in [-0.25, -0.2) is 0 Å². The molecule has 2 nitrogen and oxygen atoms in total. The van der Waals surface area contributed by atoms with Crippen molar-refractivity contribution in [2.75, 3.05) is 11.2 Å². The molecule has 0 radical (unpaired) electrons. The Morgan fingerprint density at radius 1 is 1.36 bits per heavy atom. The molecule has 0 aliphatic rings. The summed E-state index contributed by atoms with van der Waals surface area (Å²) in [5.74, 6) is 0.603. The smallest absolute Gasteiger partial charge is 0.0445 e. The van der Waals surface area contributed by atoms with Crippen molar-refractivity contribution in [3.05, 3.63) is 24.5 Å². The van der Waals surface area contributed by atoms with Gasteiger partial charge in [0.2, 0.25) is 0 Å². The van der Waals surface area contributed by atoms with Gasteiger partial charge in [-0.2, -0.15) is 0 Å². The maximum atomic E-state index is 5.92. The van der Waals surface area contributed by atoms with Crippen LogP contribution < -0.4 is 5.32 Å². The quantitative estimate of drug-likeness (QED) is 0.779. The Hall–Kier alpha value is -0.760. The molecule has 1 rings (SSSR count). The van der Waals surface area contributed by atoms with Gasteiger partial charge < -0.3 is 5.32 Å². The summed E-state index contributed by atoms with van der Waals surface area (Å²) >= 11 is 5.92. The first-order chi connectivity index (χ1) is 6.54. The Kier molecular flexibility index (Phi) is 3.76. The minimum atomic E-state index is 0.158. The van der Waals surface area contributed by atoms with E-state index < -0.39 is 0 Å². The van der Waals surface area contributed by atoms with Crippen LogP contribution in [-0.4, -0.2) is 16.9 Å². The standard InChI is InChI=1S/C11H17ClN2/c1-11(2,3)10(8-12)14-9-4-6-13-7-5-9/h4-7,10H,8H2,1-3H3,(H,13,14). The van der Waals surface area contributed by atoms with E-state index in [0.29, 0.717) is 5.88 Å². The lowest BCUT2D eigenvalue weighted by Gasteiger charge is -2.30. The van der Waals surface area contributed by atoms with Crippen LogP contribution in [0.25, 0.3) is 0 Å². The highest BCUT2D eigenvalue weighted by molar-refractivity contribution is 6.18. The monoisotopic (exact) mass is 212 g/mol. The normalized spacial score (nSPS) is 13.7. The minimum absolute atomic E-state index is 0.158. The van der Waals surface area contributed by atoms with Crippen molar-refractivity contribution in [1.29, 1.82) is 0 Å². The van der Waals surface area contributed by atoms with Crippen LogP contribution in [0, 0.1) is 5.41 Å². The van der Waals surface area contributed by atoms with E-state index in [0.717, 1.165) is 5.69 Å². The summed E-state index contributed by atoms with van der Waals surface area (Å²) in [5, 5.41) is 3.40. The van der Waals surface area contributed by atoms with E-state index in [9.17, 15) is 0 Å². The highest BCUT2D eigenvalue weighted by atomic mass is 35.5. The number of hydrogen-bond donors (Lipinski definition) is 1. The molecule has 0 fully saturated rings. The maximum Gasteiger partial charge on any atom is 0.0445 e. The van der Waals surface area contributed by atoms with Gasteiger partial charge in [0, 0.05) is 30.0 Å². The summed E-state index contributed by atoms with van der Waals surface area (Å²) in [7, 11) is 0. The predicted molar refractivity (Wildman–Crippen MR) is 61.8 cm³/mol. The number of nitrogens with one attached hydrogen (secondary N) is 1. The molecule has 1 N–H and O–H groups in total. The summed E-state index contributed by atoms with van der Waals surface area (Å²) in [4.78, 5) is 3.97. The minimum Gasteiger partial charge on any atom is -0.380 e. The fourth-order valence-corrected chi connectivity index (χ4v) is 1.68. The largest absolute Gasteiger partial charge is 0.380 e. The van der Waals surface area contributed by atoms with Gasteiger partial charge in [-0.05, 0) is 17.5 Å². The fraction of sp³-hybridized carbons (Fsp3) is 0.545. The lowest BCUT2D eigenvalue weighted by molar-refractivity contribution is 0.362. The van der Waals surface area contributed by atoms with Crippen molar-refractivity contribution >= 4 is 17.3 Å². The van der Waals surface area contributed by atoms with Crippen molar-refractivity contribution in [1.82, 2.24) is 4.98 Å². The molecule has 1 atom stereocenters. The van der Waals surface area contributed by atoms with Crippen LogP contribution in [0.3, 0.4) is 0 Å². The highest BCUT2D eigenvalue weighted by Gasteiger charge is 2.23. The molecule has 0 saturated heterocycles. The second-order valence-electron chi connectivity index (χ2n) is 4.45.